The summed E-state index contributed by atoms with van der Waals surface area (Å²) in [7, 11) is 0. The molecule has 0 radical (unpaired) electrons. The molecule has 0 saturated heterocycles. The van der Waals surface area contributed by atoms with Crippen LogP contribution in [-0.4, -0.2) is 14.5 Å². The van der Waals surface area contributed by atoms with Gasteiger partial charge < -0.3 is 8.98 Å². The molecule has 7 aromatic rings. The summed E-state index contributed by atoms with van der Waals surface area (Å²) in [5.74, 6) is 0. The zero-order chi connectivity index (χ0) is 19.7. The zero-order valence-electron chi connectivity index (χ0n) is 15.9. The lowest BCUT2D eigenvalue weighted by Gasteiger charge is -2.09. The molecule has 0 N–H and O–H groups in total. The van der Waals surface area contributed by atoms with Gasteiger partial charge in [0.2, 0.25) is 0 Å². The molecule has 4 heterocycles. The lowest BCUT2D eigenvalue weighted by atomic mass is 10.0. The van der Waals surface area contributed by atoms with Gasteiger partial charge in [-0.1, -0.05) is 36.4 Å². The number of hydrogen-bond acceptors (Lipinski definition) is 3. The first-order chi connectivity index (χ1) is 14.9. The Balaban J connectivity index is 1.91. The minimum absolute atomic E-state index is 0.875. The molecule has 0 saturated carbocycles. The van der Waals surface area contributed by atoms with E-state index in [1.54, 1.807) is 6.20 Å². The largest absolute Gasteiger partial charge is 0.455 e. The first kappa shape index (κ1) is 15.7. The van der Waals surface area contributed by atoms with E-state index in [1.807, 2.05) is 36.8 Å². The van der Waals surface area contributed by atoms with E-state index in [1.165, 1.54) is 10.8 Å². The summed E-state index contributed by atoms with van der Waals surface area (Å²) in [6.07, 6.45) is 7.49. The van der Waals surface area contributed by atoms with Crippen LogP contribution < -0.4 is 0 Å². The summed E-state index contributed by atoms with van der Waals surface area (Å²) in [5, 5.41) is 6.82. The lowest BCUT2D eigenvalue weighted by molar-refractivity contribution is 0.672. The molecule has 3 aromatic carbocycles. The van der Waals surface area contributed by atoms with Crippen LogP contribution in [0.1, 0.15) is 0 Å². The molecule has 0 fully saturated rings. The molecule has 4 heteroatoms. The SMILES string of the molecule is c1cncc(-n2c3ccccc3c3c4ccncc4c4oc5ccccc5c4c32)c1. The first-order valence-corrected chi connectivity index (χ1v) is 9.92. The fraction of sp³-hybridized carbons (Fsp3) is 0. The number of fused-ring (bicyclic) bond motifs is 10. The van der Waals surface area contributed by atoms with Gasteiger partial charge in [0, 0.05) is 40.1 Å². The highest BCUT2D eigenvalue weighted by Crippen LogP contribution is 2.45. The van der Waals surface area contributed by atoms with Crippen molar-refractivity contribution in [2.24, 2.45) is 0 Å². The van der Waals surface area contributed by atoms with E-state index in [2.05, 4.69) is 63.1 Å². The van der Waals surface area contributed by atoms with E-state index >= 15 is 0 Å². The molecule has 0 unspecified atom stereocenters. The van der Waals surface area contributed by atoms with Gasteiger partial charge in [-0.05, 0) is 35.7 Å². The van der Waals surface area contributed by atoms with Crippen LogP contribution in [0.5, 0.6) is 0 Å². The Morgan fingerprint density at radius 2 is 1.47 bits per heavy atom. The van der Waals surface area contributed by atoms with Crippen molar-refractivity contribution in [3.05, 3.63) is 91.5 Å². The molecule has 0 atom stereocenters. The Kier molecular flexibility index (Phi) is 2.97. The standard InChI is InChI=1S/C26H15N3O/c1-3-9-21-18(7-1)23-17-11-13-28-15-20(17)26-24(19-8-2-4-10-22(19)30-26)25(23)29(21)16-6-5-12-27-14-16/h1-15H. The third-order valence-corrected chi connectivity index (χ3v) is 5.95. The molecule has 0 aliphatic carbocycles. The maximum absolute atomic E-state index is 6.39. The number of aromatic nitrogens is 3. The second kappa shape index (κ2) is 5.67. The van der Waals surface area contributed by atoms with Crippen molar-refractivity contribution < 1.29 is 4.42 Å². The van der Waals surface area contributed by atoms with E-state index in [4.69, 9.17) is 4.42 Å². The van der Waals surface area contributed by atoms with Gasteiger partial charge in [0.15, 0.2) is 0 Å². The number of nitrogens with zero attached hydrogens (tertiary/aromatic N) is 3. The van der Waals surface area contributed by atoms with Crippen LogP contribution in [0, 0.1) is 0 Å². The maximum Gasteiger partial charge on any atom is 0.146 e. The zero-order valence-corrected chi connectivity index (χ0v) is 15.9. The van der Waals surface area contributed by atoms with E-state index in [-0.39, 0.29) is 0 Å². The van der Waals surface area contributed by atoms with Crippen LogP contribution >= 0.6 is 0 Å². The van der Waals surface area contributed by atoms with Crippen molar-refractivity contribution in [3.63, 3.8) is 0 Å². The van der Waals surface area contributed by atoms with Gasteiger partial charge in [-0.15, -0.1) is 0 Å². The van der Waals surface area contributed by atoms with E-state index in [0.717, 1.165) is 49.4 Å². The molecular formula is C26H15N3O. The Morgan fingerprint density at radius 1 is 0.633 bits per heavy atom. The van der Waals surface area contributed by atoms with Crippen LogP contribution in [0.25, 0.3) is 60.2 Å². The molecule has 0 aliphatic rings. The topological polar surface area (TPSA) is 43.9 Å². The van der Waals surface area contributed by atoms with Crippen LogP contribution in [-0.2, 0) is 0 Å². The van der Waals surface area contributed by atoms with Crippen LogP contribution in [0.4, 0.5) is 0 Å². The summed E-state index contributed by atoms with van der Waals surface area (Å²) in [6, 6.07) is 22.9. The second-order valence-corrected chi connectivity index (χ2v) is 7.51. The van der Waals surface area contributed by atoms with E-state index < -0.39 is 0 Å². The van der Waals surface area contributed by atoms with Gasteiger partial charge in [-0.3, -0.25) is 9.97 Å². The highest BCUT2D eigenvalue weighted by molar-refractivity contribution is 6.35. The highest BCUT2D eigenvalue weighted by Gasteiger charge is 2.22. The summed E-state index contributed by atoms with van der Waals surface area (Å²) in [6.45, 7) is 0. The molecule has 0 spiro atoms. The van der Waals surface area contributed by atoms with Gasteiger partial charge in [-0.25, -0.2) is 0 Å². The fourth-order valence-corrected chi connectivity index (χ4v) is 4.77. The van der Waals surface area contributed by atoms with Crippen molar-refractivity contribution in [2.75, 3.05) is 0 Å². The molecule has 0 aliphatic heterocycles. The smallest absolute Gasteiger partial charge is 0.146 e. The van der Waals surface area contributed by atoms with Crippen molar-refractivity contribution in [1.29, 1.82) is 0 Å². The number of para-hydroxylation sites is 2. The van der Waals surface area contributed by atoms with Gasteiger partial charge >= 0.3 is 0 Å². The molecular weight excluding hydrogens is 370 g/mol. The van der Waals surface area contributed by atoms with Crippen molar-refractivity contribution in [2.45, 2.75) is 0 Å². The number of benzene rings is 3. The highest BCUT2D eigenvalue weighted by atomic mass is 16.3. The predicted octanol–water partition coefficient (Wildman–Crippen LogP) is 6.63. The summed E-state index contributed by atoms with van der Waals surface area (Å²) >= 11 is 0. The number of pyridine rings is 2. The van der Waals surface area contributed by atoms with Crippen LogP contribution in [0.2, 0.25) is 0 Å². The molecule has 4 aromatic heterocycles. The van der Waals surface area contributed by atoms with Crippen LogP contribution in [0.15, 0.2) is 95.9 Å². The molecule has 0 amide bonds. The van der Waals surface area contributed by atoms with Crippen molar-refractivity contribution in [1.82, 2.24) is 14.5 Å². The van der Waals surface area contributed by atoms with Crippen LogP contribution in [0.3, 0.4) is 0 Å². The van der Waals surface area contributed by atoms with Gasteiger partial charge in [0.1, 0.15) is 11.2 Å². The van der Waals surface area contributed by atoms with E-state index in [0.29, 0.717) is 0 Å². The minimum atomic E-state index is 0.875. The molecule has 30 heavy (non-hydrogen) atoms. The first-order valence-electron chi connectivity index (χ1n) is 9.92. The van der Waals surface area contributed by atoms with E-state index in [9.17, 15) is 0 Å². The summed E-state index contributed by atoms with van der Waals surface area (Å²) in [5.41, 5.74) is 5.08. The Hall–Kier alpha value is -4.18. The Bertz CT molecular complexity index is 1740. The number of hydrogen-bond donors (Lipinski definition) is 0. The molecule has 0 bridgehead atoms. The minimum Gasteiger partial charge on any atom is -0.455 e. The van der Waals surface area contributed by atoms with Crippen molar-refractivity contribution >= 4 is 54.5 Å². The number of rotatable bonds is 1. The average molecular weight is 385 g/mol. The molecule has 140 valence electrons. The molecule has 7 rings (SSSR count). The van der Waals surface area contributed by atoms with Gasteiger partial charge in [-0.2, -0.15) is 0 Å². The van der Waals surface area contributed by atoms with Gasteiger partial charge in [0.25, 0.3) is 0 Å². The maximum atomic E-state index is 6.39. The lowest BCUT2D eigenvalue weighted by Crippen LogP contribution is -1.94. The Labute approximate surface area is 171 Å². The fourth-order valence-electron chi connectivity index (χ4n) is 4.77. The monoisotopic (exact) mass is 385 g/mol. The Morgan fingerprint density at radius 3 is 2.37 bits per heavy atom. The summed E-state index contributed by atoms with van der Waals surface area (Å²) < 4.78 is 8.70. The quantitative estimate of drug-likeness (QED) is 0.319. The van der Waals surface area contributed by atoms with Gasteiger partial charge in [0.05, 0.1) is 28.3 Å². The predicted molar refractivity (Wildman–Crippen MR) is 121 cm³/mol. The summed E-state index contributed by atoms with van der Waals surface area (Å²) in [4.78, 5) is 8.80. The number of furan rings is 1. The second-order valence-electron chi connectivity index (χ2n) is 7.51. The normalized spacial score (nSPS) is 12.0. The third-order valence-electron chi connectivity index (χ3n) is 5.95. The van der Waals surface area contributed by atoms with Crippen molar-refractivity contribution in [3.8, 4) is 5.69 Å². The molecule has 4 nitrogen and oxygen atoms in total. The average Bonchev–Trinajstić information content (AvgIpc) is 3.36. The third kappa shape index (κ3) is 1.90.